The zero-order chi connectivity index (χ0) is 32.2. The molecule has 0 saturated carbocycles. The molecule has 0 aromatic heterocycles. The van der Waals surface area contributed by atoms with Gasteiger partial charge in [-0.1, -0.05) is 71.4 Å². The molecule has 13 heteroatoms. The van der Waals surface area contributed by atoms with Crippen LogP contribution in [0.5, 0.6) is 0 Å². The molecule has 1 aromatic rings. The van der Waals surface area contributed by atoms with Crippen molar-refractivity contribution in [3.63, 3.8) is 0 Å². The van der Waals surface area contributed by atoms with E-state index in [0.717, 1.165) is 12.0 Å². The van der Waals surface area contributed by atoms with Gasteiger partial charge in [-0.15, -0.1) is 0 Å². The lowest BCUT2D eigenvalue weighted by molar-refractivity contribution is -0.148. The maximum atomic E-state index is 14.8. The van der Waals surface area contributed by atoms with E-state index < -0.39 is 66.3 Å². The van der Waals surface area contributed by atoms with Gasteiger partial charge in [0, 0.05) is 6.54 Å². The number of nitrogens with one attached hydrogen (secondary N) is 3. The van der Waals surface area contributed by atoms with Crippen molar-refractivity contribution in [3.8, 4) is 0 Å². The Morgan fingerprint density at radius 1 is 0.953 bits per heavy atom. The number of nitrogens with zero attached hydrogens (tertiary/aromatic N) is 1. The Balaban J connectivity index is 2.04. The molecule has 1 aliphatic rings. The average molecular weight is 611 g/mol. The number of carbonyl (C=O) groups excluding carboxylic acids is 5. The Hall–Kier alpha value is -3.77. The lowest BCUT2D eigenvalue weighted by atomic mass is 9.95. The zero-order valence-corrected chi connectivity index (χ0v) is 25.5. The molecule has 1 fully saturated rings. The summed E-state index contributed by atoms with van der Waals surface area (Å²) < 4.78 is 39.7. The minimum absolute atomic E-state index is 0.00520. The summed E-state index contributed by atoms with van der Waals surface area (Å²) in [5.74, 6) is -7.89. The van der Waals surface area contributed by atoms with Gasteiger partial charge < -0.3 is 30.3 Å². The highest BCUT2D eigenvalue weighted by atomic mass is 19.3. The van der Waals surface area contributed by atoms with Crippen LogP contribution >= 0.6 is 0 Å². The SMILES string of the molecule is CCCCOC(=O)NCC(F)(F)C(=O)[C@@H](NC(=O)[C@@H]1CCCN1C(=O)[C@@H](NC(=O)OCc1ccccc1)C(C)C)C(C)C. The standard InChI is InChI=1S/C30H44F2N4O7/c1-6-7-16-42-28(40)33-18-30(31,32)25(37)23(19(2)3)34-26(38)22-14-11-15-36(22)27(39)24(20(4)5)35-29(41)43-17-21-12-9-8-10-13-21/h8-10,12-13,19-20,22-24H,6-7,11,14-18H2,1-5H3,(H,33,40)(H,34,38)(H,35,41)/t22-,23-,24-/m0/s1. The monoisotopic (exact) mass is 610 g/mol. The van der Waals surface area contributed by atoms with Crippen LogP contribution in [-0.4, -0.2) is 78.4 Å². The second kappa shape index (κ2) is 16.8. The van der Waals surface area contributed by atoms with Crippen molar-refractivity contribution in [2.75, 3.05) is 19.7 Å². The van der Waals surface area contributed by atoms with Gasteiger partial charge in [0.2, 0.25) is 17.6 Å². The third-order valence-electron chi connectivity index (χ3n) is 7.05. The predicted octanol–water partition coefficient (Wildman–Crippen LogP) is 3.80. The van der Waals surface area contributed by atoms with Crippen LogP contribution in [0.2, 0.25) is 0 Å². The summed E-state index contributed by atoms with van der Waals surface area (Å²) in [6.07, 6.45) is 0.166. The van der Waals surface area contributed by atoms with Crippen molar-refractivity contribution < 1.29 is 42.2 Å². The lowest BCUT2D eigenvalue weighted by Crippen LogP contribution is -2.59. The molecule has 3 N–H and O–H groups in total. The predicted molar refractivity (Wildman–Crippen MR) is 154 cm³/mol. The second-order valence-electron chi connectivity index (χ2n) is 11.3. The average Bonchev–Trinajstić information content (AvgIpc) is 3.46. The fraction of sp³-hybridized carbons (Fsp3) is 0.633. The molecule has 2 rings (SSSR count). The normalized spacial score (nSPS) is 16.4. The van der Waals surface area contributed by atoms with Gasteiger partial charge >= 0.3 is 18.1 Å². The number of hydrogen-bond donors (Lipinski definition) is 3. The fourth-order valence-electron chi connectivity index (χ4n) is 4.53. The van der Waals surface area contributed by atoms with Crippen LogP contribution in [0, 0.1) is 11.8 Å². The van der Waals surface area contributed by atoms with E-state index in [-0.39, 0.29) is 32.1 Å². The molecule has 0 radical (unpaired) electrons. The Morgan fingerprint density at radius 2 is 1.60 bits per heavy atom. The number of benzene rings is 1. The Bertz CT molecular complexity index is 1100. The molecule has 0 spiro atoms. The van der Waals surface area contributed by atoms with Crippen molar-refractivity contribution >= 4 is 29.8 Å². The van der Waals surface area contributed by atoms with Crippen molar-refractivity contribution in [2.24, 2.45) is 11.8 Å². The number of unbranched alkanes of at least 4 members (excludes halogenated alkanes) is 1. The van der Waals surface area contributed by atoms with E-state index in [9.17, 15) is 32.8 Å². The highest BCUT2D eigenvalue weighted by molar-refractivity contribution is 5.97. The van der Waals surface area contributed by atoms with Crippen LogP contribution in [0.25, 0.3) is 0 Å². The van der Waals surface area contributed by atoms with Crippen molar-refractivity contribution in [1.29, 1.82) is 0 Å². The van der Waals surface area contributed by atoms with Gasteiger partial charge in [-0.25, -0.2) is 9.59 Å². The van der Waals surface area contributed by atoms with E-state index in [1.54, 1.807) is 38.1 Å². The molecular formula is C30H44F2N4O7. The summed E-state index contributed by atoms with van der Waals surface area (Å²) in [6.45, 7) is 7.33. The largest absolute Gasteiger partial charge is 0.450 e. The van der Waals surface area contributed by atoms with E-state index >= 15 is 0 Å². The molecule has 0 bridgehead atoms. The first-order valence-electron chi connectivity index (χ1n) is 14.7. The van der Waals surface area contributed by atoms with Crippen LogP contribution in [0.15, 0.2) is 30.3 Å². The van der Waals surface area contributed by atoms with Crippen molar-refractivity contribution in [1.82, 2.24) is 20.9 Å². The summed E-state index contributed by atoms with van der Waals surface area (Å²) in [5.41, 5.74) is 0.767. The molecule has 1 aromatic carbocycles. The Labute approximate surface area is 251 Å². The fourth-order valence-corrected chi connectivity index (χ4v) is 4.53. The number of ether oxygens (including phenoxy) is 2. The van der Waals surface area contributed by atoms with Crippen molar-refractivity contribution in [3.05, 3.63) is 35.9 Å². The highest BCUT2D eigenvalue weighted by Gasteiger charge is 2.46. The molecule has 0 aliphatic carbocycles. The van der Waals surface area contributed by atoms with E-state index in [1.165, 1.54) is 18.7 Å². The summed E-state index contributed by atoms with van der Waals surface area (Å²) >= 11 is 0. The molecule has 1 aliphatic heterocycles. The summed E-state index contributed by atoms with van der Waals surface area (Å²) in [6, 6.07) is 5.40. The van der Waals surface area contributed by atoms with E-state index in [2.05, 4.69) is 10.6 Å². The number of rotatable bonds is 15. The number of amides is 4. The third kappa shape index (κ3) is 10.8. The number of hydrogen-bond acceptors (Lipinski definition) is 7. The number of alkyl carbamates (subject to hydrolysis) is 2. The number of likely N-dealkylation sites (tertiary alicyclic amines) is 1. The van der Waals surface area contributed by atoms with Crippen LogP contribution in [-0.2, 0) is 30.5 Å². The van der Waals surface area contributed by atoms with Gasteiger partial charge in [0.1, 0.15) is 18.7 Å². The molecule has 240 valence electrons. The van der Waals surface area contributed by atoms with Crippen molar-refractivity contribution in [2.45, 2.75) is 91.0 Å². The molecule has 3 atom stereocenters. The smallest absolute Gasteiger partial charge is 0.408 e. The van der Waals surface area contributed by atoms with Crippen LogP contribution in [0.3, 0.4) is 0 Å². The molecular weight excluding hydrogens is 566 g/mol. The maximum absolute atomic E-state index is 14.8. The van der Waals surface area contributed by atoms with Gasteiger partial charge in [-0.2, -0.15) is 8.78 Å². The zero-order valence-electron chi connectivity index (χ0n) is 25.5. The van der Waals surface area contributed by atoms with Gasteiger partial charge in [-0.05, 0) is 36.7 Å². The molecule has 4 amide bonds. The van der Waals surface area contributed by atoms with E-state index in [0.29, 0.717) is 12.8 Å². The first kappa shape index (κ1) is 35.4. The number of ketones is 1. The highest BCUT2D eigenvalue weighted by Crippen LogP contribution is 2.23. The first-order chi connectivity index (χ1) is 20.3. The van der Waals surface area contributed by atoms with Crippen LogP contribution in [0.4, 0.5) is 18.4 Å². The summed E-state index contributed by atoms with van der Waals surface area (Å²) in [7, 11) is 0. The molecule has 1 saturated heterocycles. The Morgan fingerprint density at radius 3 is 2.21 bits per heavy atom. The van der Waals surface area contributed by atoms with Gasteiger partial charge in [0.25, 0.3) is 0 Å². The van der Waals surface area contributed by atoms with Crippen LogP contribution < -0.4 is 16.0 Å². The van der Waals surface area contributed by atoms with E-state index in [4.69, 9.17) is 9.47 Å². The van der Waals surface area contributed by atoms with Crippen LogP contribution in [0.1, 0.15) is 65.9 Å². The quantitative estimate of drug-likeness (QED) is 0.256. The van der Waals surface area contributed by atoms with Gasteiger partial charge in [-0.3, -0.25) is 14.4 Å². The lowest BCUT2D eigenvalue weighted by Gasteiger charge is -2.32. The minimum atomic E-state index is -3.98. The molecule has 43 heavy (non-hydrogen) atoms. The topological polar surface area (TPSA) is 143 Å². The third-order valence-corrected chi connectivity index (χ3v) is 7.05. The molecule has 11 nitrogen and oxygen atoms in total. The minimum Gasteiger partial charge on any atom is -0.450 e. The molecule has 0 unspecified atom stereocenters. The number of carbonyl (C=O) groups is 5. The van der Waals surface area contributed by atoms with Gasteiger partial charge in [0.15, 0.2) is 0 Å². The molecule has 1 heterocycles. The summed E-state index contributed by atoms with van der Waals surface area (Å²) in [4.78, 5) is 65.1. The van der Waals surface area contributed by atoms with Gasteiger partial charge in [0.05, 0.1) is 19.2 Å². The second-order valence-corrected chi connectivity index (χ2v) is 11.3. The Kier molecular flexibility index (Phi) is 13.8. The first-order valence-corrected chi connectivity index (χ1v) is 14.7. The summed E-state index contributed by atoms with van der Waals surface area (Å²) in [5, 5.41) is 6.89. The number of alkyl halides is 2. The number of halogens is 2. The maximum Gasteiger partial charge on any atom is 0.408 e. The van der Waals surface area contributed by atoms with E-state index in [1.807, 2.05) is 18.3 Å². The number of Topliss-reactive ketones (excluding diaryl/α,β-unsaturated/α-hetero) is 1.